The fourth-order valence-corrected chi connectivity index (χ4v) is 5.53. The largest absolute Gasteiger partial charge is 0.358 e. The zero-order valence-corrected chi connectivity index (χ0v) is 19.0. The summed E-state index contributed by atoms with van der Waals surface area (Å²) in [5, 5.41) is 2.11. The molecular weight excluding hydrogens is 396 g/mol. The highest BCUT2D eigenvalue weighted by atomic mass is 35.5. The summed E-state index contributed by atoms with van der Waals surface area (Å²) in [5.74, 6) is 0. The zero-order valence-electron chi connectivity index (χ0n) is 17.5. The van der Waals surface area contributed by atoms with Gasteiger partial charge in [-0.15, -0.1) is 0 Å². The Balaban J connectivity index is 1.62. The van der Waals surface area contributed by atoms with E-state index in [4.69, 9.17) is 11.6 Å². The third-order valence-electron chi connectivity index (χ3n) is 5.88. The smallest absolute Gasteiger partial charge is 0.0463 e. The SMILES string of the molecule is CCCC(C)N1CC=C(c2c(C)[nH]c3ccc(Sc4cccc(Cl)c4)cc23)CC1. The summed E-state index contributed by atoms with van der Waals surface area (Å²) in [6.45, 7) is 9.04. The third-order valence-corrected chi connectivity index (χ3v) is 7.10. The van der Waals surface area contributed by atoms with Crippen molar-refractivity contribution in [3.63, 3.8) is 0 Å². The average Bonchev–Trinajstić information content (AvgIpc) is 3.03. The van der Waals surface area contributed by atoms with Gasteiger partial charge in [0.2, 0.25) is 0 Å². The van der Waals surface area contributed by atoms with Crippen molar-refractivity contribution in [2.24, 2.45) is 0 Å². The molecule has 1 aromatic heterocycles. The maximum absolute atomic E-state index is 6.16. The molecule has 29 heavy (non-hydrogen) atoms. The van der Waals surface area contributed by atoms with E-state index in [1.54, 1.807) is 11.8 Å². The Bertz CT molecular complexity index is 1040. The molecular formula is C25H29ClN2S. The maximum atomic E-state index is 6.16. The van der Waals surface area contributed by atoms with Crippen LogP contribution >= 0.6 is 23.4 Å². The van der Waals surface area contributed by atoms with Gasteiger partial charge in [-0.1, -0.05) is 48.8 Å². The maximum Gasteiger partial charge on any atom is 0.0463 e. The molecule has 3 aromatic rings. The lowest BCUT2D eigenvalue weighted by Crippen LogP contribution is -2.36. The molecule has 1 unspecified atom stereocenters. The highest BCUT2D eigenvalue weighted by molar-refractivity contribution is 7.99. The number of aromatic nitrogens is 1. The van der Waals surface area contributed by atoms with Crippen LogP contribution in [0, 0.1) is 6.92 Å². The van der Waals surface area contributed by atoms with Gasteiger partial charge < -0.3 is 4.98 Å². The van der Waals surface area contributed by atoms with Crippen LogP contribution in [-0.2, 0) is 0 Å². The molecule has 0 aliphatic carbocycles. The Labute approximate surface area is 183 Å². The number of H-pyrrole nitrogens is 1. The van der Waals surface area contributed by atoms with Crippen LogP contribution in [0.1, 0.15) is 44.4 Å². The molecule has 1 atom stereocenters. The van der Waals surface area contributed by atoms with E-state index in [9.17, 15) is 0 Å². The Morgan fingerprint density at radius 2 is 2.00 bits per heavy atom. The van der Waals surface area contributed by atoms with E-state index in [2.05, 4.69) is 61.0 Å². The topological polar surface area (TPSA) is 19.0 Å². The molecule has 2 nitrogen and oxygen atoms in total. The normalized spacial score (nSPS) is 16.2. The molecule has 1 N–H and O–H groups in total. The number of rotatable bonds is 6. The summed E-state index contributed by atoms with van der Waals surface area (Å²) in [6, 6.07) is 15.5. The summed E-state index contributed by atoms with van der Waals surface area (Å²) in [6.07, 6.45) is 6.10. The Hall–Kier alpha value is -1.68. The second kappa shape index (κ2) is 8.99. The first kappa shape index (κ1) is 20.6. The minimum absolute atomic E-state index is 0.669. The number of hydrogen-bond donors (Lipinski definition) is 1. The number of nitrogens with zero attached hydrogens (tertiary/aromatic N) is 1. The van der Waals surface area contributed by atoms with Crippen molar-refractivity contribution in [1.29, 1.82) is 0 Å². The predicted molar refractivity (Wildman–Crippen MR) is 127 cm³/mol. The number of fused-ring (bicyclic) bond motifs is 1. The molecule has 1 aliphatic rings. The molecule has 4 heteroatoms. The van der Waals surface area contributed by atoms with E-state index in [0.717, 1.165) is 24.5 Å². The van der Waals surface area contributed by atoms with E-state index < -0.39 is 0 Å². The molecule has 1 aliphatic heterocycles. The van der Waals surface area contributed by atoms with E-state index in [1.165, 1.54) is 50.4 Å². The van der Waals surface area contributed by atoms with Crippen LogP contribution in [0.2, 0.25) is 5.02 Å². The first-order valence-corrected chi connectivity index (χ1v) is 11.7. The van der Waals surface area contributed by atoms with Gasteiger partial charge in [0.1, 0.15) is 0 Å². The summed E-state index contributed by atoms with van der Waals surface area (Å²) in [4.78, 5) is 8.62. The number of halogens is 1. The highest BCUT2D eigenvalue weighted by Crippen LogP contribution is 2.37. The van der Waals surface area contributed by atoms with Crippen LogP contribution in [0.25, 0.3) is 16.5 Å². The molecule has 0 saturated carbocycles. The summed E-state index contributed by atoms with van der Waals surface area (Å²) in [5.41, 5.74) is 5.37. The van der Waals surface area contributed by atoms with Gasteiger partial charge in [0, 0.05) is 56.1 Å². The molecule has 0 amide bonds. The summed E-state index contributed by atoms with van der Waals surface area (Å²) in [7, 11) is 0. The van der Waals surface area contributed by atoms with Gasteiger partial charge in [-0.2, -0.15) is 0 Å². The molecule has 152 valence electrons. The van der Waals surface area contributed by atoms with E-state index in [1.807, 2.05) is 18.2 Å². The van der Waals surface area contributed by atoms with Crippen molar-refractivity contribution >= 4 is 39.8 Å². The third kappa shape index (κ3) is 4.58. The van der Waals surface area contributed by atoms with Crippen molar-refractivity contribution in [2.75, 3.05) is 13.1 Å². The van der Waals surface area contributed by atoms with Gasteiger partial charge in [0.25, 0.3) is 0 Å². The van der Waals surface area contributed by atoms with Gasteiger partial charge >= 0.3 is 0 Å². The van der Waals surface area contributed by atoms with E-state index >= 15 is 0 Å². The van der Waals surface area contributed by atoms with Gasteiger partial charge in [0.05, 0.1) is 0 Å². The molecule has 2 heterocycles. The molecule has 4 rings (SSSR count). The Morgan fingerprint density at radius 1 is 1.17 bits per heavy atom. The molecule has 0 bridgehead atoms. The van der Waals surface area contributed by atoms with Crippen molar-refractivity contribution in [1.82, 2.24) is 9.88 Å². The van der Waals surface area contributed by atoms with Crippen molar-refractivity contribution in [2.45, 2.75) is 55.9 Å². The second-order valence-electron chi connectivity index (χ2n) is 8.00. The zero-order chi connectivity index (χ0) is 20.4. The van der Waals surface area contributed by atoms with Crippen LogP contribution < -0.4 is 0 Å². The molecule has 0 radical (unpaired) electrons. The molecule has 0 saturated heterocycles. The lowest BCUT2D eigenvalue weighted by Gasteiger charge is -2.32. The molecule has 0 spiro atoms. The summed E-state index contributed by atoms with van der Waals surface area (Å²) >= 11 is 7.93. The van der Waals surface area contributed by atoms with Gasteiger partial charge in [-0.25, -0.2) is 0 Å². The van der Waals surface area contributed by atoms with Crippen LogP contribution in [0.3, 0.4) is 0 Å². The average molecular weight is 425 g/mol. The Kier molecular flexibility index (Phi) is 6.38. The number of nitrogens with one attached hydrogen (secondary N) is 1. The number of hydrogen-bond acceptors (Lipinski definition) is 2. The molecule has 2 aromatic carbocycles. The minimum Gasteiger partial charge on any atom is -0.358 e. The van der Waals surface area contributed by atoms with Gasteiger partial charge in [-0.05, 0) is 68.7 Å². The molecule has 0 fully saturated rings. The number of benzene rings is 2. The first-order valence-electron chi connectivity index (χ1n) is 10.5. The number of aryl methyl sites for hydroxylation is 1. The monoisotopic (exact) mass is 424 g/mol. The minimum atomic E-state index is 0.669. The summed E-state index contributed by atoms with van der Waals surface area (Å²) < 4.78 is 0. The first-order chi connectivity index (χ1) is 14.0. The van der Waals surface area contributed by atoms with Crippen LogP contribution in [0.4, 0.5) is 0 Å². The van der Waals surface area contributed by atoms with Gasteiger partial charge in [-0.3, -0.25) is 4.90 Å². The van der Waals surface area contributed by atoms with Crippen molar-refractivity contribution in [3.8, 4) is 0 Å². The second-order valence-corrected chi connectivity index (χ2v) is 9.59. The lowest BCUT2D eigenvalue weighted by molar-refractivity contribution is 0.219. The van der Waals surface area contributed by atoms with Crippen LogP contribution in [-0.4, -0.2) is 29.0 Å². The van der Waals surface area contributed by atoms with Crippen LogP contribution in [0.15, 0.2) is 58.3 Å². The highest BCUT2D eigenvalue weighted by Gasteiger charge is 2.20. The van der Waals surface area contributed by atoms with E-state index in [-0.39, 0.29) is 0 Å². The van der Waals surface area contributed by atoms with Gasteiger partial charge in [0.15, 0.2) is 0 Å². The quantitative estimate of drug-likeness (QED) is 0.440. The fraction of sp³-hybridized carbons (Fsp3) is 0.360. The van der Waals surface area contributed by atoms with Crippen molar-refractivity contribution < 1.29 is 0 Å². The predicted octanol–water partition coefficient (Wildman–Crippen LogP) is 7.56. The van der Waals surface area contributed by atoms with E-state index in [0.29, 0.717) is 6.04 Å². The fourth-order valence-electron chi connectivity index (χ4n) is 4.36. The van der Waals surface area contributed by atoms with Crippen molar-refractivity contribution in [3.05, 3.63) is 64.8 Å². The Morgan fingerprint density at radius 3 is 2.72 bits per heavy atom. The standard InChI is InChI=1S/C25H29ClN2S/c1-4-6-17(2)28-13-11-19(12-14-28)25-18(3)27-24-10-9-22(16-23(24)25)29-21-8-5-7-20(26)15-21/h5,7-11,15-17,27H,4,6,12-14H2,1-3H3. The number of aromatic amines is 1. The van der Waals surface area contributed by atoms with Crippen LogP contribution in [0.5, 0.6) is 0 Å². The lowest BCUT2D eigenvalue weighted by atomic mass is 9.96.